The molecule has 14 heteroatoms. The lowest BCUT2D eigenvalue weighted by Gasteiger charge is -2.09. The summed E-state index contributed by atoms with van der Waals surface area (Å²) < 4.78 is 15.4. The van der Waals surface area contributed by atoms with Crippen molar-refractivity contribution in [3.05, 3.63) is 60.6 Å². The molecule has 1 N–H and O–H groups in total. The average molecular weight is 511 g/mol. The number of halogens is 1. The van der Waals surface area contributed by atoms with Gasteiger partial charge in [-0.3, -0.25) is 29.8 Å². The molecule has 0 saturated heterocycles. The first-order chi connectivity index (χ1) is 15.1. The van der Waals surface area contributed by atoms with Crippen molar-refractivity contribution in [2.75, 3.05) is 13.7 Å². The number of carbonyl (C=O) groups is 2. The lowest BCUT2D eigenvalue weighted by Crippen LogP contribution is -2.24. The fourth-order valence-corrected chi connectivity index (χ4v) is 2.84. The van der Waals surface area contributed by atoms with Gasteiger partial charge in [0.2, 0.25) is 5.75 Å². The van der Waals surface area contributed by atoms with Crippen LogP contribution in [-0.4, -0.2) is 41.7 Å². The molecule has 13 nitrogen and oxygen atoms in total. The average Bonchev–Trinajstić information content (AvgIpc) is 2.72. The summed E-state index contributed by atoms with van der Waals surface area (Å²) in [6.45, 7) is 0.651. The van der Waals surface area contributed by atoms with Gasteiger partial charge in [0.05, 0.1) is 33.2 Å². The van der Waals surface area contributed by atoms with E-state index in [0.29, 0.717) is 0 Å². The van der Waals surface area contributed by atoms with Crippen LogP contribution >= 0.6 is 15.9 Å². The van der Waals surface area contributed by atoms with Crippen LogP contribution in [0.25, 0.3) is 0 Å². The summed E-state index contributed by atoms with van der Waals surface area (Å²) in [6, 6.07) is 6.29. The third-order valence-electron chi connectivity index (χ3n) is 3.64. The van der Waals surface area contributed by atoms with Gasteiger partial charge in [-0.05, 0) is 34.1 Å². The van der Waals surface area contributed by atoms with Crippen molar-refractivity contribution in [2.45, 2.75) is 6.92 Å². The Bertz CT molecular complexity index is 1100. The van der Waals surface area contributed by atoms with E-state index in [1.807, 2.05) is 0 Å². The highest BCUT2D eigenvalue weighted by Crippen LogP contribution is 2.39. The van der Waals surface area contributed by atoms with Crippen LogP contribution in [-0.2, 0) is 9.59 Å². The molecule has 0 aromatic heterocycles. The minimum atomic E-state index is -0.746. The van der Waals surface area contributed by atoms with Gasteiger partial charge in [0.25, 0.3) is 11.6 Å². The molecule has 0 aliphatic carbocycles. The Labute approximate surface area is 188 Å². The number of hydrogen-bond donors (Lipinski definition) is 1. The summed E-state index contributed by atoms with van der Waals surface area (Å²) >= 11 is 3.11. The first-order valence-corrected chi connectivity index (χ1v) is 9.35. The second-order valence-corrected chi connectivity index (χ2v) is 6.69. The van der Waals surface area contributed by atoms with Gasteiger partial charge in [0.15, 0.2) is 12.4 Å². The van der Waals surface area contributed by atoms with Crippen molar-refractivity contribution in [1.82, 2.24) is 5.43 Å². The van der Waals surface area contributed by atoms with Crippen LogP contribution in [0.1, 0.15) is 12.5 Å². The van der Waals surface area contributed by atoms with Gasteiger partial charge in [0, 0.05) is 19.1 Å². The van der Waals surface area contributed by atoms with E-state index in [2.05, 4.69) is 26.5 Å². The van der Waals surface area contributed by atoms with Crippen LogP contribution in [0.4, 0.5) is 11.4 Å². The number of methoxy groups -OCH3 is 1. The highest BCUT2D eigenvalue weighted by molar-refractivity contribution is 9.10. The van der Waals surface area contributed by atoms with Gasteiger partial charge in [-0.2, -0.15) is 5.10 Å². The van der Waals surface area contributed by atoms with Crippen molar-refractivity contribution >= 4 is 45.4 Å². The third-order valence-corrected chi connectivity index (χ3v) is 4.26. The molecule has 0 aliphatic rings. The molecule has 0 atom stereocenters. The van der Waals surface area contributed by atoms with E-state index in [-0.39, 0.29) is 33.0 Å². The molecule has 32 heavy (non-hydrogen) atoms. The topological polar surface area (TPSA) is 172 Å². The number of carbonyl (C=O) groups excluding carboxylic acids is 2. The zero-order valence-corrected chi connectivity index (χ0v) is 18.2. The summed E-state index contributed by atoms with van der Waals surface area (Å²) in [5, 5.41) is 25.8. The highest BCUT2D eigenvalue weighted by atomic mass is 79.9. The maximum atomic E-state index is 11.9. The molecule has 0 saturated carbocycles. The number of ether oxygens (including phenoxy) is 3. The maximum absolute atomic E-state index is 11.9. The minimum Gasteiger partial charge on any atom is -0.488 e. The van der Waals surface area contributed by atoms with Gasteiger partial charge in [-0.25, -0.2) is 5.43 Å². The van der Waals surface area contributed by atoms with E-state index in [0.717, 1.165) is 13.1 Å². The van der Waals surface area contributed by atoms with Gasteiger partial charge in [0.1, 0.15) is 5.75 Å². The van der Waals surface area contributed by atoms with Crippen LogP contribution in [0.15, 0.2) is 39.9 Å². The fraction of sp³-hybridized carbons (Fsp3) is 0.167. The van der Waals surface area contributed by atoms with Crippen molar-refractivity contribution in [3.63, 3.8) is 0 Å². The summed E-state index contributed by atoms with van der Waals surface area (Å²) in [5.74, 6) is -1.62. The number of nitrogens with zero attached hydrogens (tertiary/aromatic N) is 3. The molecular formula is C18H15BrN4O9. The number of rotatable bonds is 9. The number of esters is 1. The number of nitro benzene ring substituents is 2. The van der Waals surface area contributed by atoms with E-state index in [1.54, 1.807) is 0 Å². The fourth-order valence-electron chi connectivity index (χ4n) is 2.36. The Morgan fingerprint density at radius 2 is 1.84 bits per heavy atom. The Morgan fingerprint density at radius 3 is 2.41 bits per heavy atom. The SMILES string of the molecule is COc1c(OC(C)=O)ccc(/C=N\NC(=O)COc2ccc([N+](=O)[O-])cc2Br)c1[N+](=O)[O-]. The number of hydrogen-bond acceptors (Lipinski definition) is 10. The Kier molecular flexibility index (Phi) is 8.17. The molecular weight excluding hydrogens is 496 g/mol. The molecule has 0 radical (unpaired) electrons. The van der Waals surface area contributed by atoms with Gasteiger partial charge >= 0.3 is 11.7 Å². The molecule has 0 spiro atoms. The quantitative estimate of drug-likeness (QED) is 0.175. The third kappa shape index (κ3) is 6.21. The molecule has 0 heterocycles. The van der Waals surface area contributed by atoms with Crippen molar-refractivity contribution in [3.8, 4) is 17.2 Å². The number of nitro groups is 2. The molecule has 2 rings (SSSR count). The largest absolute Gasteiger partial charge is 0.488 e. The van der Waals surface area contributed by atoms with Crippen LogP contribution in [0.3, 0.4) is 0 Å². The predicted molar refractivity (Wildman–Crippen MR) is 113 cm³/mol. The Hall–Kier alpha value is -4.07. The molecule has 2 aromatic carbocycles. The highest BCUT2D eigenvalue weighted by Gasteiger charge is 2.25. The Balaban J connectivity index is 2.08. The number of benzene rings is 2. The van der Waals surface area contributed by atoms with Gasteiger partial charge in [-0.15, -0.1) is 0 Å². The molecule has 0 bridgehead atoms. The second-order valence-electron chi connectivity index (χ2n) is 5.84. The molecule has 2 aromatic rings. The first-order valence-electron chi connectivity index (χ1n) is 8.56. The number of non-ortho nitro benzene ring substituents is 1. The number of nitrogens with one attached hydrogen (secondary N) is 1. The lowest BCUT2D eigenvalue weighted by atomic mass is 10.1. The van der Waals surface area contributed by atoms with Crippen molar-refractivity contribution in [1.29, 1.82) is 0 Å². The van der Waals surface area contributed by atoms with E-state index in [9.17, 15) is 29.8 Å². The molecule has 0 fully saturated rings. The smallest absolute Gasteiger partial charge is 0.323 e. The van der Waals surface area contributed by atoms with Gasteiger partial charge < -0.3 is 14.2 Å². The number of hydrazone groups is 1. The molecule has 0 unspecified atom stereocenters. The van der Waals surface area contributed by atoms with Crippen molar-refractivity contribution < 1.29 is 33.6 Å². The van der Waals surface area contributed by atoms with Crippen LogP contribution < -0.4 is 19.6 Å². The summed E-state index contributed by atoms with van der Waals surface area (Å²) in [5.41, 5.74) is 1.43. The van der Waals surface area contributed by atoms with E-state index < -0.39 is 34.0 Å². The molecule has 1 amide bonds. The van der Waals surface area contributed by atoms with E-state index in [4.69, 9.17) is 14.2 Å². The normalized spacial score (nSPS) is 10.5. The zero-order chi connectivity index (χ0) is 23.8. The molecule has 0 aliphatic heterocycles. The lowest BCUT2D eigenvalue weighted by molar-refractivity contribution is -0.386. The van der Waals surface area contributed by atoms with Crippen LogP contribution in [0, 0.1) is 20.2 Å². The summed E-state index contributed by atoms with van der Waals surface area (Å²) in [6.07, 6.45) is 1.01. The molecule has 168 valence electrons. The summed E-state index contributed by atoms with van der Waals surface area (Å²) in [4.78, 5) is 43.9. The first kappa shape index (κ1) is 24.2. The van der Waals surface area contributed by atoms with E-state index >= 15 is 0 Å². The monoisotopic (exact) mass is 510 g/mol. The van der Waals surface area contributed by atoms with Crippen LogP contribution in [0.2, 0.25) is 0 Å². The van der Waals surface area contributed by atoms with E-state index in [1.165, 1.54) is 37.4 Å². The standard InChI is InChI=1S/C18H15BrN4O9/c1-10(24)32-15-5-3-11(17(23(28)29)18(15)30-2)8-20-21-16(25)9-31-14-6-4-12(22(26)27)7-13(14)19/h3-8H,9H2,1-2H3,(H,21,25)/b20-8-. The van der Waals surface area contributed by atoms with Crippen LogP contribution in [0.5, 0.6) is 17.2 Å². The van der Waals surface area contributed by atoms with Crippen molar-refractivity contribution in [2.24, 2.45) is 5.10 Å². The minimum absolute atomic E-state index is 0.0258. The second kappa shape index (κ2) is 10.8. The van der Waals surface area contributed by atoms with Gasteiger partial charge in [-0.1, -0.05) is 0 Å². The maximum Gasteiger partial charge on any atom is 0.323 e. The Morgan fingerprint density at radius 1 is 1.16 bits per heavy atom. The summed E-state index contributed by atoms with van der Waals surface area (Å²) in [7, 11) is 1.17. The predicted octanol–water partition coefficient (Wildman–Crippen LogP) is 2.73. The zero-order valence-electron chi connectivity index (χ0n) is 16.6. The number of amides is 1.